The van der Waals surface area contributed by atoms with Gasteiger partial charge in [0, 0.05) is 5.92 Å². The maximum absolute atomic E-state index is 11.4. The second-order valence-corrected chi connectivity index (χ2v) is 6.28. The van der Waals surface area contributed by atoms with Crippen molar-refractivity contribution >= 4 is 10.1 Å². The lowest BCUT2D eigenvalue weighted by Gasteiger charge is -2.42. The minimum Gasteiger partial charge on any atom is -0.348 e. The summed E-state index contributed by atoms with van der Waals surface area (Å²) in [6, 6.07) is 0. The van der Waals surface area contributed by atoms with Gasteiger partial charge in [0.15, 0.2) is 0 Å². The summed E-state index contributed by atoms with van der Waals surface area (Å²) in [5.74, 6) is 0.185. The second kappa shape index (κ2) is 1.81. The van der Waals surface area contributed by atoms with E-state index in [0.29, 0.717) is 6.42 Å². The molecule has 0 aromatic carbocycles. The first kappa shape index (κ1) is 8.20. The zero-order valence-electron chi connectivity index (χ0n) is 7.61. The van der Waals surface area contributed by atoms with Gasteiger partial charge in [-0.1, -0.05) is 6.92 Å². The van der Waals surface area contributed by atoms with Crippen LogP contribution in [0.15, 0.2) is 0 Å². The molecule has 0 radical (unpaired) electrons. The summed E-state index contributed by atoms with van der Waals surface area (Å²) >= 11 is 0. The fraction of sp³-hybridized carbons (Fsp3) is 1.00. The van der Waals surface area contributed by atoms with Gasteiger partial charge in [0.1, 0.15) is 6.10 Å². The van der Waals surface area contributed by atoms with E-state index < -0.39 is 15.1 Å². The van der Waals surface area contributed by atoms with E-state index in [0.717, 1.165) is 6.42 Å². The molecule has 13 heavy (non-hydrogen) atoms. The highest BCUT2D eigenvalue weighted by Gasteiger charge is 2.78. The Kier molecular flexibility index (Phi) is 1.14. The van der Waals surface area contributed by atoms with Crippen molar-refractivity contribution in [2.45, 2.75) is 43.3 Å². The fourth-order valence-electron chi connectivity index (χ4n) is 2.79. The molecular weight excluding hydrogens is 192 g/mol. The van der Waals surface area contributed by atoms with E-state index in [1.165, 1.54) is 0 Å². The number of hydrogen-bond donors (Lipinski definition) is 0. The maximum Gasteiger partial charge on any atom is 0.300 e. The van der Waals surface area contributed by atoms with Crippen LogP contribution < -0.4 is 0 Å². The first-order chi connectivity index (χ1) is 5.91. The Labute approximate surface area is 77.3 Å². The summed E-state index contributed by atoms with van der Waals surface area (Å²) in [7, 11) is -3.42. The summed E-state index contributed by atoms with van der Waals surface area (Å²) in [5.41, 5.74) is -0.283. The van der Waals surface area contributed by atoms with Crippen molar-refractivity contribution in [3.63, 3.8) is 0 Å². The lowest BCUT2D eigenvalue weighted by atomic mass is 9.79. The predicted octanol–water partition coefficient (Wildman–Crippen LogP) is 0.630. The van der Waals surface area contributed by atoms with Crippen LogP contribution in [0.5, 0.6) is 0 Å². The van der Waals surface area contributed by atoms with Crippen molar-refractivity contribution in [2.75, 3.05) is 0 Å². The molecule has 0 N–H and O–H groups in total. The van der Waals surface area contributed by atoms with E-state index >= 15 is 0 Å². The summed E-state index contributed by atoms with van der Waals surface area (Å²) in [5, 5.41) is 0. The lowest BCUT2D eigenvalue weighted by Crippen LogP contribution is -2.61. The zero-order valence-corrected chi connectivity index (χ0v) is 8.43. The molecule has 0 saturated carbocycles. The van der Waals surface area contributed by atoms with Crippen LogP contribution in [0.3, 0.4) is 0 Å². The third-order valence-electron chi connectivity index (χ3n) is 3.88. The normalized spacial score (nSPS) is 61.7. The summed E-state index contributed by atoms with van der Waals surface area (Å²) in [6.07, 6.45) is 1.20. The molecule has 3 saturated heterocycles. The average Bonchev–Trinajstić information content (AvgIpc) is 2.48. The molecule has 3 heterocycles. The third-order valence-corrected chi connectivity index (χ3v) is 5.71. The van der Waals surface area contributed by atoms with Crippen LogP contribution >= 0.6 is 0 Å². The monoisotopic (exact) mass is 204 g/mol. The van der Waals surface area contributed by atoms with Gasteiger partial charge >= 0.3 is 10.1 Å². The van der Waals surface area contributed by atoms with E-state index in [-0.39, 0.29) is 17.6 Å². The molecule has 1 spiro atoms. The summed E-state index contributed by atoms with van der Waals surface area (Å²) in [4.78, 5) is -0.971. The molecule has 4 unspecified atom stereocenters. The molecule has 4 atom stereocenters. The van der Waals surface area contributed by atoms with Crippen molar-refractivity contribution in [3.8, 4) is 0 Å². The van der Waals surface area contributed by atoms with Crippen molar-refractivity contribution in [3.05, 3.63) is 0 Å². The molecule has 2 bridgehead atoms. The summed E-state index contributed by atoms with van der Waals surface area (Å²) in [6.45, 7) is 3.98. The molecule has 3 aliphatic heterocycles. The Bertz CT molecular complexity index is 376. The molecule has 0 amide bonds. The smallest absolute Gasteiger partial charge is 0.300 e. The van der Waals surface area contributed by atoms with E-state index in [1.807, 2.05) is 13.8 Å². The van der Waals surface area contributed by atoms with Gasteiger partial charge in [-0.2, -0.15) is 8.42 Å². The standard InChI is InChI=1S/C8H12O4S/c1-5-6-8(13(9,10)11-6)4-3-7(5,2)12-8/h5-6H,3-4H2,1-2H3. The van der Waals surface area contributed by atoms with Crippen LogP contribution in [0, 0.1) is 5.92 Å². The SMILES string of the molecule is CC1C2OS(=O)(=O)C23CCC1(C)O3. The quantitative estimate of drug-likeness (QED) is 0.543. The van der Waals surface area contributed by atoms with Gasteiger partial charge in [-0.3, -0.25) is 4.18 Å². The molecule has 5 heteroatoms. The second-order valence-electron chi connectivity index (χ2n) is 4.49. The number of rotatable bonds is 0. The highest BCUT2D eigenvalue weighted by atomic mass is 32.2. The molecule has 3 aliphatic rings. The van der Waals surface area contributed by atoms with Gasteiger partial charge in [-0.15, -0.1) is 0 Å². The van der Waals surface area contributed by atoms with Gasteiger partial charge in [0.25, 0.3) is 0 Å². The molecule has 74 valence electrons. The van der Waals surface area contributed by atoms with Crippen molar-refractivity contribution < 1.29 is 17.3 Å². The van der Waals surface area contributed by atoms with Crippen LogP contribution in [0.4, 0.5) is 0 Å². The van der Waals surface area contributed by atoms with Gasteiger partial charge in [-0.25, -0.2) is 0 Å². The maximum atomic E-state index is 11.4. The van der Waals surface area contributed by atoms with Crippen molar-refractivity contribution in [1.29, 1.82) is 0 Å². The van der Waals surface area contributed by atoms with Gasteiger partial charge in [0.05, 0.1) is 5.60 Å². The predicted molar refractivity (Wildman–Crippen MR) is 44.4 cm³/mol. The number of hydrogen-bond acceptors (Lipinski definition) is 4. The van der Waals surface area contributed by atoms with E-state index in [2.05, 4.69) is 0 Å². The highest BCUT2D eigenvalue weighted by molar-refractivity contribution is 7.89. The van der Waals surface area contributed by atoms with Crippen molar-refractivity contribution in [1.82, 2.24) is 0 Å². The largest absolute Gasteiger partial charge is 0.348 e. The molecule has 0 aromatic heterocycles. The third kappa shape index (κ3) is 0.629. The molecule has 3 fully saturated rings. The molecule has 3 rings (SSSR count). The fourth-order valence-corrected chi connectivity index (χ4v) is 4.59. The Morgan fingerprint density at radius 1 is 1.38 bits per heavy atom. The topological polar surface area (TPSA) is 52.6 Å². The first-order valence-electron chi connectivity index (χ1n) is 4.54. The Hall–Kier alpha value is -0.130. The van der Waals surface area contributed by atoms with Crippen molar-refractivity contribution in [2.24, 2.45) is 5.92 Å². The lowest BCUT2D eigenvalue weighted by molar-refractivity contribution is -0.0478. The highest BCUT2D eigenvalue weighted by Crippen LogP contribution is 2.63. The molecule has 0 aromatic rings. The minimum atomic E-state index is -3.42. The van der Waals surface area contributed by atoms with E-state index in [9.17, 15) is 8.42 Å². The molecular formula is C8H12O4S. The van der Waals surface area contributed by atoms with Gasteiger partial charge in [0.2, 0.25) is 4.93 Å². The Balaban J connectivity index is 2.15. The van der Waals surface area contributed by atoms with E-state index in [1.54, 1.807) is 0 Å². The minimum absolute atomic E-state index is 0.185. The Morgan fingerprint density at radius 3 is 2.54 bits per heavy atom. The molecule has 0 aliphatic carbocycles. The number of fused-ring (bicyclic) bond motifs is 1. The van der Waals surface area contributed by atoms with Crippen LogP contribution in [0.2, 0.25) is 0 Å². The van der Waals surface area contributed by atoms with Gasteiger partial charge in [-0.05, 0) is 19.8 Å². The van der Waals surface area contributed by atoms with Crippen LogP contribution in [-0.2, 0) is 19.0 Å². The molecule has 4 nitrogen and oxygen atoms in total. The first-order valence-corrected chi connectivity index (χ1v) is 5.95. The van der Waals surface area contributed by atoms with E-state index in [4.69, 9.17) is 8.92 Å². The van der Waals surface area contributed by atoms with Crippen LogP contribution in [0.1, 0.15) is 26.7 Å². The summed E-state index contributed by atoms with van der Waals surface area (Å²) < 4.78 is 33.4. The van der Waals surface area contributed by atoms with Crippen LogP contribution in [-0.4, -0.2) is 25.1 Å². The Morgan fingerprint density at radius 2 is 2.08 bits per heavy atom. The van der Waals surface area contributed by atoms with Gasteiger partial charge < -0.3 is 4.74 Å². The number of ether oxygens (including phenoxy) is 1. The zero-order chi connectivity index (χ0) is 9.48. The average molecular weight is 204 g/mol. The van der Waals surface area contributed by atoms with Crippen LogP contribution in [0.25, 0.3) is 0 Å².